The molecule has 0 aromatic rings. The maximum atomic E-state index is 12.9. The lowest BCUT2D eigenvalue weighted by atomic mass is 10.1. The molecule has 0 fully saturated rings. The van der Waals surface area contributed by atoms with Gasteiger partial charge in [-0.3, -0.25) is 14.4 Å². The highest BCUT2D eigenvalue weighted by Gasteiger charge is 2.19. The lowest BCUT2D eigenvalue weighted by Crippen LogP contribution is -2.30. The zero-order valence-corrected chi connectivity index (χ0v) is 49.9. The van der Waals surface area contributed by atoms with Crippen LogP contribution in [0.3, 0.4) is 0 Å². The van der Waals surface area contributed by atoms with Crippen molar-refractivity contribution in [1.29, 1.82) is 0 Å². The third-order valence-electron chi connectivity index (χ3n) is 13.1. The van der Waals surface area contributed by atoms with Crippen molar-refractivity contribution in [2.24, 2.45) is 0 Å². The first-order valence-corrected chi connectivity index (χ1v) is 31.7. The standard InChI is InChI=1S/C71H116O6/c1-4-7-10-13-16-19-22-25-28-31-33-35-37-40-43-46-49-52-55-58-61-64-70(73)76-67-68(66-75-69(72)63-60-57-54-51-48-45-42-39-30-27-24-21-18-15-12-9-6-3)77-71(74)65-62-59-56-53-50-47-44-41-38-36-34-32-29-26-23-20-17-14-11-8-5-2/h7,9-10,12,16,18-19,21,25,27-28,30,32-35,40,42-43,45,51,54,68H,4-6,8,11,13-15,17,20,22-24,26,29,31,36-39,41,44,46-50,52-53,55-67H2,1-3H3/b10-7-,12-9-,19-16-,21-18-,28-25-,30-27-,34-32-,35-33-,43-40-,45-42-,54-51-. The summed E-state index contributed by atoms with van der Waals surface area (Å²) in [7, 11) is 0. The zero-order chi connectivity index (χ0) is 55.7. The van der Waals surface area contributed by atoms with Crippen molar-refractivity contribution in [1.82, 2.24) is 0 Å². The van der Waals surface area contributed by atoms with E-state index in [9.17, 15) is 14.4 Å². The Morgan fingerprint density at radius 3 is 0.857 bits per heavy atom. The van der Waals surface area contributed by atoms with Gasteiger partial charge in [-0.1, -0.05) is 264 Å². The van der Waals surface area contributed by atoms with E-state index in [1.165, 1.54) is 103 Å². The number of rotatable bonds is 56. The smallest absolute Gasteiger partial charge is 0.306 e. The van der Waals surface area contributed by atoms with Gasteiger partial charge in [-0.2, -0.15) is 0 Å². The molecule has 1 unspecified atom stereocenters. The van der Waals surface area contributed by atoms with Crippen LogP contribution in [-0.4, -0.2) is 37.2 Å². The molecule has 436 valence electrons. The molecule has 0 spiro atoms. The fraction of sp³-hybridized carbons (Fsp3) is 0.648. The van der Waals surface area contributed by atoms with Crippen molar-refractivity contribution >= 4 is 17.9 Å². The van der Waals surface area contributed by atoms with Gasteiger partial charge in [-0.15, -0.1) is 0 Å². The predicted molar refractivity (Wildman–Crippen MR) is 334 cm³/mol. The normalized spacial score (nSPS) is 13.0. The van der Waals surface area contributed by atoms with Gasteiger partial charge in [0.15, 0.2) is 6.10 Å². The van der Waals surface area contributed by atoms with Crippen LogP contribution < -0.4 is 0 Å². The number of carbonyl (C=O) groups is 3. The minimum absolute atomic E-state index is 0.110. The Balaban J connectivity index is 4.50. The van der Waals surface area contributed by atoms with E-state index in [1.807, 2.05) is 0 Å². The quantitative estimate of drug-likeness (QED) is 0.0261. The number of hydrogen-bond donors (Lipinski definition) is 0. The van der Waals surface area contributed by atoms with Crippen LogP contribution in [0.5, 0.6) is 0 Å². The molecule has 0 aromatic heterocycles. The molecule has 6 heteroatoms. The SMILES string of the molecule is CC/C=C\C/C=C\C/C=C\C/C=C\C/C=C\CCCCCCCC(=O)OCC(COC(=O)CCC/C=C\C/C=C\C/C=C\C/C=C\C/C=C\CC)OC(=O)CCCCCCCCCCC/C=C\CCCCCCCCCC. The number of allylic oxidation sites excluding steroid dienone is 22. The molecule has 77 heavy (non-hydrogen) atoms. The molecule has 0 rings (SSSR count). The highest BCUT2D eigenvalue weighted by Crippen LogP contribution is 2.15. The average molecular weight is 1070 g/mol. The van der Waals surface area contributed by atoms with Gasteiger partial charge < -0.3 is 14.2 Å². The van der Waals surface area contributed by atoms with Crippen LogP contribution in [0, 0.1) is 0 Å². The molecule has 0 saturated carbocycles. The summed E-state index contributed by atoms with van der Waals surface area (Å²) in [5.74, 6) is -0.987. The van der Waals surface area contributed by atoms with Crippen molar-refractivity contribution < 1.29 is 28.6 Å². The van der Waals surface area contributed by atoms with Gasteiger partial charge >= 0.3 is 17.9 Å². The van der Waals surface area contributed by atoms with E-state index in [4.69, 9.17) is 14.2 Å². The summed E-state index contributed by atoms with van der Waals surface area (Å²) in [6, 6.07) is 0. The van der Waals surface area contributed by atoms with Crippen molar-refractivity contribution in [2.45, 2.75) is 284 Å². The molecule has 0 radical (unpaired) electrons. The Morgan fingerprint density at radius 1 is 0.273 bits per heavy atom. The van der Waals surface area contributed by atoms with Crippen LogP contribution in [0.4, 0.5) is 0 Å². The van der Waals surface area contributed by atoms with Gasteiger partial charge in [-0.05, 0) is 128 Å². The summed E-state index contributed by atoms with van der Waals surface area (Å²) in [5.41, 5.74) is 0. The Kier molecular flexibility index (Phi) is 60.4. The second-order valence-corrected chi connectivity index (χ2v) is 20.5. The van der Waals surface area contributed by atoms with Crippen molar-refractivity contribution in [3.05, 3.63) is 134 Å². The molecular weight excluding hydrogens is 949 g/mol. The number of esters is 3. The van der Waals surface area contributed by atoms with Crippen LogP contribution in [0.1, 0.15) is 278 Å². The molecule has 0 aliphatic carbocycles. The summed E-state index contributed by atoms with van der Waals surface area (Å²) in [6.45, 7) is 6.36. The van der Waals surface area contributed by atoms with E-state index in [0.29, 0.717) is 19.3 Å². The van der Waals surface area contributed by atoms with Crippen LogP contribution in [-0.2, 0) is 28.6 Å². The second-order valence-electron chi connectivity index (χ2n) is 20.5. The number of carbonyl (C=O) groups excluding carboxylic acids is 3. The molecule has 0 aliphatic rings. The van der Waals surface area contributed by atoms with Crippen molar-refractivity contribution in [2.75, 3.05) is 13.2 Å². The summed E-state index contributed by atoms with van der Waals surface area (Å²) in [5, 5.41) is 0. The topological polar surface area (TPSA) is 78.9 Å². The van der Waals surface area contributed by atoms with Crippen molar-refractivity contribution in [3.63, 3.8) is 0 Å². The first kappa shape index (κ1) is 72.5. The van der Waals surface area contributed by atoms with E-state index in [2.05, 4.69) is 154 Å². The molecular formula is C71H116O6. The highest BCUT2D eigenvalue weighted by molar-refractivity contribution is 5.71. The van der Waals surface area contributed by atoms with Crippen LogP contribution in [0.2, 0.25) is 0 Å². The minimum atomic E-state index is -0.817. The predicted octanol–water partition coefficient (Wildman–Crippen LogP) is 21.8. The summed E-state index contributed by atoms with van der Waals surface area (Å²) in [4.78, 5) is 38.3. The van der Waals surface area contributed by atoms with Crippen LogP contribution in [0.15, 0.2) is 134 Å². The summed E-state index contributed by atoms with van der Waals surface area (Å²) in [6.07, 6.45) is 90.3. The van der Waals surface area contributed by atoms with E-state index >= 15 is 0 Å². The molecule has 6 nitrogen and oxygen atoms in total. The molecule has 0 bridgehead atoms. The molecule has 0 N–H and O–H groups in total. The first-order chi connectivity index (χ1) is 38.0. The second kappa shape index (κ2) is 64.1. The van der Waals surface area contributed by atoms with E-state index in [-0.39, 0.29) is 37.5 Å². The number of ether oxygens (including phenoxy) is 3. The maximum Gasteiger partial charge on any atom is 0.306 e. The molecule has 0 saturated heterocycles. The van der Waals surface area contributed by atoms with E-state index < -0.39 is 6.10 Å². The largest absolute Gasteiger partial charge is 0.462 e. The lowest BCUT2D eigenvalue weighted by Gasteiger charge is -2.18. The van der Waals surface area contributed by atoms with Gasteiger partial charge in [0, 0.05) is 19.3 Å². The summed E-state index contributed by atoms with van der Waals surface area (Å²) >= 11 is 0. The fourth-order valence-electron chi connectivity index (χ4n) is 8.44. The monoisotopic (exact) mass is 1060 g/mol. The van der Waals surface area contributed by atoms with E-state index in [0.717, 1.165) is 128 Å². The van der Waals surface area contributed by atoms with Gasteiger partial charge in [0.2, 0.25) is 0 Å². The minimum Gasteiger partial charge on any atom is -0.462 e. The Labute approximate surface area is 475 Å². The van der Waals surface area contributed by atoms with Crippen molar-refractivity contribution in [3.8, 4) is 0 Å². The van der Waals surface area contributed by atoms with Gasteiger partial charge in [-0.25, -0.2) is 0 Å². The van der Waals surface area contributed by atoms with Gasteiger partial charge in [0.1, 0.15) is 13.2 Å². The lowest BCUT2D eigenvalue weighted by molar-refractivity contribution is -0.167. The molecule has 1 atom stereocenters. The molecule has 0 aromatic carbocycles. The van der Waals surface area contributed by atoms with Crippen LogP contribution >= 0.6 is 0 Å². The third kappa shape index (κ3) is 62.3. The summed E-state index contributed by atoms with van der Waals surface area (Å²) < 4.78 is 16.9. The highest BCUT2D eigenvalue weighted by atomic mass is 16.6. The first-order valence-electron chi connectivity index (χ1n) is 31.7. The number of hydrogen-bond acceptors (Lipinski definition) is 6. The fourth-order valence-corrected chi connectivity index (χ4v) is 8.44. The van der Waals surface area contributed by atoms with E-state index in [1.54, 1.807) is 0 Å². The molecule has 0 heterocycles. The maximum absolute atomic E-state index is 12.9. The van der Waals surface area contributed by atoms with Gasteiger partial charge in [0.25, 0.3) is 0 Å². The Morgan fingerprint density at radius 2 is 0.519 bits per heavy atom. The van der Waals surface area contributed by atoms with Gasteiger partial charge in [0.05, 0.1) is 0 Å². The average Bonchev–Trinajstić information content (AvgIpc) is 3.43. The molecule has 0 aliphatic heterocycles. The van der Waals surface area contributed by atoms with Crippen LogP contribution in [0.25, 0.3) is 0 Å². The third-order valence-corrected chi connectivity index (χ3v) is 13.1. The molecule has 0 amide bonds. The number of unbranched alkanes of at least 4 members (excludes halogenated alkanes) is 23. The Hall–Kier alpha value is -4.45. The Bertz CT molecular complexity index is 1650. The zero-order valence-electron chi connectivity index (χ0n) is 49.9.